The normalized spacial score (nSPS) is 20.2. The minimum Gasteiger partial charge on any atom is -0.329 e. The van der Waals surface area contributed by atoms with Crippen LogP contribution >= 0.6 is 0 Å². The van der Waals surface area contributed by atoms with Crippen LogP contribution in [-0.4, -0.2) is 16.4 Å². The molecule has 1 atom stereocenters. The topological polar surface area (TPSA) is 56.0 Å². The first-order valence-electron chi connectivity index (χ1n) is 4.75. The van der Waals surface area contributed by atoms with Crippen molar-refractivity contribution in [1.82, 2.24) is 10.1 Å². The molecule has 0 aliphatic heterocycles. The minimum absolute atomic E-state index is 0.0326. The first-order valence-corrected chi connectivity index (χ1v) is 4.75. The van der Waals surface area contributed by atoms with Crippen LogP contribution in [0.4, 0.5) is 13.2 Å². The third kappa shape index (κ3) is 2.43. The average Bonchev–Trinajstić information content (AvgIpc) is 2.78. The molecule has 0 amide bonds. The van der Waals surface area contributed by atoms with E-state index in [9.17, 15) is 18.0 Å². The summed E-state index contributed by atoms with van der Waals surface area (Å²) in [7, 11) is 0. The van der Waals surface area contributed by atoms with E-state index in [1.807, 2.05) is 0 Å². The molecular weight excluding hydrogens is 237 g/mol. The molecule has 0 saturated carbocycles. The highest BCUT2D eigenvalue weighted by molar-refractivity contribution is 5.77. The Morgan fingerprint density at radius 1 is 1.47 bits per heavy atom. The minimum atomic E-state index is -4.63. The van der Waals surface area contributed by atoms with Crippen LogP contribution in [0.3, 0.4) is 0 Å². The van der Waals surface area contributed by atoms with Crippen molar-refractivity contribution in [3.05, 3.63) is 35.5 Å². The monoisotopic (exact) mass is 244 g/mol. The zero-order valence-electron chi connectivity index (χ0n) is 8.44. The quantitative estimate of drug-likeness (QED) is 0.749. The fourth-order valence-corrected chi connectivity index (χ4v) is 1.42. The molecule has 0 fully saturated rings. The van der Waals surface area contributed by atoms with Gasteiger partial charge in [-0.25, -0.2) is 0 Å². The molecular formula is C10H7F3N2O2. The molecule has 0 radical (unpaired) electrons. The van der Waals surface area contributed by atoms with Crippen molar-refractivity contribution in [3.8, 4) is 0 Å². The largest absolute Gasteiger partial charge is 0.471 e. The van der Waals surface area contributed by atoms with E-state index in [2.05, 4.69) is 14.7 Å². The predicted octanol–water partition coefficient (Wildman–Crippen LogP) is 2.26. The predicted molar refractivity (Wildman–Crippen MR) is 49.9 cm³/mol. The van der Waals surface area contributed by atoms with Gasteiger partial charge in [-0.3, -0.25) is 4.79 Å². The van der Waals surface area contributed by atoms with Crippen LogP contribution in [0.15, 0.2) is 28.3 Å². The second-order valence-electron chi connectivity index (χ2n) is 3.48. The summed E-state index contributed by atoms with van der Waals surface area (Å²) < 4.78 is 40.8. The van der Waals surface area contributed by atoms with Gasteiger partial charge in [-0.2, -0.15) is 18.2 Å². The van der Waals surface area contributed by atoms with Crippen molar-refractivity contribution < 1.29 is 22.5 Å². The summed E-state index contributed by atoms with van der Waals surface area (Å²) >= 11 is 0. The maximum absolute atomic E-state index is 12.2. The van der Waals surface area contributed by atoms with E-state index in [0.29, 0.717) is 18.3 Å². The van der Waals surface area contributed by atoms with E-state index in [1.54, 1.807) is 12.2 Å². The highest BCUT2D eigenvalue weighted by Gasteiger charge is 2.39. The molecule has 0 bridgehead atoms. The van der Waals surface area contributed by atoms with E-state index in [1.165, 1.54) is 6.08 Å². The van der Waals surface area contributed by atoms with Gasteiger partial charge in [0.15, 0.2) is 5.82 Å². The van der Waals surface area contributed by atoms with E-state index in [-0.39, 0.29) is 5.82 Å². The van der Waals surface area contributed by atoms with Gasteiger partial charge in [-0.05, 0) is 6.42 Å². The van der Waals surface area contributed by atoms with Gasteiger partial charge in [0, 0.05) is 11.5 Å². The molecule has 2 rings (SSSR count). The molecule has 1 aromatic heterocycles. The Hall–Kier alpha value is -1.92. The number of rotatable bonds is 2. The molecule has 0 N–H and O–H groups in total. The number of hydrogen-bond donors (Lipinski definition) is 0. The van der Waals surface area contributed by atoms with Gasteiger partial charge >= 0.3 is 12.1 Å². The van der Waals surface area contributed by atoms with Gasteiger partial charge in [0.2, 0.25) is 0 Å². The highest BCUT2D eigenvalue weighted by Crippen LogP contribution is 2.30. The van der Waals surface area contributed by atoms with Crippen molar-refractivity contribution >= 4 is 6.29 Å². The van der Waals surface area contributed by atoms with E-state index in [4.69, 9.17) is 0 Å². The molecule has 4 nitrogen and oxygen atoms in total. The molecule has 90 valence electrons. The van der Waals surface area contributed by atoms with Gasteiger partial charge in [-0.1, -0.05) is 23.4 Å². The van der Waals surface area contributed by atoms with Gasteiger partial charge in [-0.15, -0.1) is 0 Å². The van der Waals surface area contributed by atoms with Gasteiger partial charge < -0.3 is 4.52 Å². The lowest BCUT2D eigenvalue weighted by Gasteiger charge is -2.09. The van der Waals surface area contributed by atoms with Crippen LogP contribution in [0.2, 0.25) is 0 Å². The summed E-state index contributed by atoms with van der Waals surface area (Å²) in [4.78, 5) is 13.7. The number of carbonyl (C=O) groups excluding carboxylic acids is 1. The molecule has 0 spiro atoms. The summed E-state index contributed by atoms with van der Waals surface area (Å²) in [6.45, 7) is 0. The average molecular weight is 244 g/mol. The van der Waals surface area contributed by atoms with Crippen LogP contribution in [0.25, 0.3) is 0 Å². The molecule has 1 unspecified atom stereocenters. The standard InChI is InChI=1S/C10H7F3N2O2/c11-10(12,13)9-14-8(15-17-9)7-3-1-6(5-16)2-4-7/h1-3,5,7H,4H2. The van der Waals surface area contributed by atoms with E-state index in [0.717, 1.165) is 0 Å². The van der Waals surface area contributed by atoms with E-state index < -0.39 is 18.0 Å². The molecule has 7 heteroatoms. The molecule has 1 aromatic rings. The lowest BCUT2D eigenvalue weighted by atomic mass is 9.97. The number of allylic oxidation sites excluding steroid dienone is 4. The molecule has 1 aliphatic carbocycles. The van der Waals surface area contributed by atoms with Crippen LogP contribution in [0.1, 0.15) is 24.1 Å². The Kier molecular flexibility index (Phi) is 2.83. The molecule has 0 saturated heterocycles. The SMILES string of the molecule is O=CC1=CCC(c2noc(C(F)(F)F)n2)C=C1. The van der Waals surface area contributed by atoms with Crippen LogP contribution in [0.5, 0.6) is 0 Å². The fraction of sp³-hybridized carbons (Fsp3) is 0.300. The van der Waals surface area contributed by atoms with Gasteiger partial charge in [0.25, 0.3) is 0 Å². The Morgan fingerprint density at radius 3 is 2.71 bits per heavy atom. The Balaban J connectivity index is 2.16. The summed E-state index contributed by atoms with van der Waals surface area (Å²) in [5, 5.41) is 3.28. The third-order valence-electron chi connectivity index (χ3n) is 2.28. The second-order valence-corrected chi connectivity index (χ2v) is 3.48. The molecule has 1 heterocycles. The molecule has 17 heavy (non-hydrogen) atoms. The molecule has 0 aromatic carbocycles. The van der Waals surface area contributed by atoms with Crippen molar-refractivity contribution in [3.63, 3.8) is 0 Å². The zero-order valence-corrected chi connectivity index (χ0v) is 8.44. The van der Waals surface area contributed by atoms with Crippen LogP contribution in [-0.2, 0) is 11.0 Å². The Bertz CT molecular complexity index is 488. The van der Waals surface area contributed by atoms with Gasteiger partial charge in [0.05, 0.1) is 0 Å². The summed E-state index contributed by atoms with van der Waals surface area (Å²) in [6.07, 6.45) is 1.12. The maximum Gasteiger partial charge on any atom is 0.471 e. The van der Waals surface area contributed by atoms with Gasteiger partial charge in [0.1, 0.15) is 6.29 Å². The van der Waals surface area contributed by atoms with Crippen LogP contribution in [0, 0.1) is 0 Å². The Morgan fingerprint density at radius 2 is 2.24 bits per heavy atom. The number of nitrogens with zero attached hydrogens (tertiary/aromatic N) is 2. The number of aromatic nitrogens is 2. The lowest BCUT2D eigenvalue weighted by Crippen LogP contribution is -2.06. The summed E-state index contributed by atoms with van der Waals surface area (Å²) in [6, 6.07) is 0. The fourth-order valence-electron chi connectivity index (χ4n) is 1.42. The smallest absolute Gasteiger partial charge is 0.329 e. The number of aldehydes is 1. The Labute approximate surface area is 93.8 Å². The van der Waals surface area contributed by atoms with Crippen molar-refractivity contribution in [1.29, 1.82) is 0 Å². The van der Waals surface area contributed by atoms with Crippen molar-refractivity contribution in [2.75, 3.05) is 0 Å². The highest BCUT2D eigenvalue weighted by atomic mass is 19.4. The van der Waals surface area contributed by atoms with Crippen molar-refractivity contribution in [2.45, 2.75) is 18.5 Å². The number of carbonyl (C=O) groups is 1. The lowest BCUT2D eigenvalue weighted by molar-refractivity contribution is -0.159. The number of halogens is 3. The zero-order chi connectivity index (χ0) is 12.5. The first kappa shape index (κ1) is 11.6. The van der Waals surface area contributed by atoms with E-state index >= 15 is 0 Å². The summed E-state index contributed by atoms with van der Waals surface area (Å²) in [5.41, 5.74) is 0.487. The second kappa shape index (κ2) is 4.15. The summed E-state index contributed by atoms with van der Waals surface area (Å²) in [5.74, 6) is -1.78. The maximum atomic E-state index is 12.2. The van der Waals surface area contributed by atoms with Crippen LogP contribution < -0.4 is 0 Å². The molecule has 1 aliphatic rings. The third-order valence-corrected chi connectivity index (χ3v) is 2.28. The number of alkyl halides is 3. The van der Waals surface area contributed by atoms with Crippen molar-refractivity contribution in [2.24, 2.45) is 0 Å². The first-order chi connectivity index (χ1) is 8.00. The number of hydrogen-bond acceptors (Lipinski definition) is 4.